The molecule has 4 rings (SSSR count). The summed E-state index contributed by atoms with van der Waals surface area (Å²) in [5.74, 6) is 1.81. The summed E-state index contributed by atoms with van der Waals surface area (Å²) in [6, 6.07) is 17.9. The summed E-state index contributed by atoms with van der Waals surface area (Å²) in [7, 11) is 1.72. The van der Waals surface area contributed by atoms with Crippen molar-refractivity contribution in [2.45, 2.75) is 44.6 Å². The molecule has 31 heavy (non-hydrogen) atoms. The van der Waals surface area contributed by atoms with Gasteiger partial charge in [0.25, 0.3) is 0 Å². The number of nitrogens with zero attached hydrogens (tertiary/aromatic N) is 3. The van der Waals surface area contributed by atoms with Gasteiger partial charge >= 0.3 is 0 Å². The van der Waals surface area contributed by atoms with Crippen molar-refractivity contribution in [3.05, 3.63) is 83.9 Å². The largest absolute Gasteiger partial charge is 0.496 e. The third kappa shape index (κ3) is 4.50. The second-order valence-corrected chi connectivity index (χ2v) is 8.56. The summed E-state index contributed by atoms with van der Waals surface area (Å²) in [5.41, 5.74) is 3.24. The second kappa shape index (κ2) is 9.38. The fourth-order valence-electron chi connectivity index (χ4n) is 4.46. The molecule has 0 spiro atoms. The number of benzene rings is 2. The maximum absolute atomic E-state index is 13.7. The number of hydrogen-bond donors (Lipinski definition) is 0. The fourth-order valence-corrected chi connectivity index (χ4v) is 4.46. The predicted molar refractivity (Wildman–Crippen MR) is 122 cm³/mol. The van der Waals surface area contributed by atoms with Crippen molar-refractivity contribution in [3.8, 4) is 5.75 Å². The molecule has 2 heterocycles. The molecule has 1 fully saturated rings. The fraction of sp³-hybridized carbons (Fsp3) is 0.385. The number of ether oxygens (including phenoxy) is 1. The van der Waals surface area contributed by atoms with Crippen LogP contribution in [0.15, 0.2) is 67.1 Å². The minimum absolute atomic E-state index is 0.136. The maximum Gasteiger partial charge on any atom is 0.250 e. The molecular weight excluding hydrogens is 386 g/mol. The summed E-state index contributed by atoms with van der Waals surface area (Å²) in [6.07, 6.45) is 5.69. The van der Waals surface area contributed by atoms with Gasteiger partial charge in [-0.25, -0.2) is 4.98 Å². The monoisotopic (exact) mass is 417 g/mol. The number of carbonyl (C=O) groups excluding carboxylic acids is 1. The van der Waals surface area contributed by atoms with Crippen LogP contribution in [-0.4, -0.2) is 40.6 Å². The second-order valence-electron chi connectivity index (χ2n) is 8.56. The number of likely N-dealkylation sites (tertiary alicyclic amines) is 1. The number of imidazole rings is 1. The first-order valence-electron chi connectivity index (χ1n) is 11.1. The van der Waals surface area contributed by atoms with Crippen LogP contribution in [0.5, 0.6) is 5.75 Å². The number of para-hydroxylation sites is 1. The highest BCUT2D eigenvalue weighted by Gasteiger charge is 2.31. The van der Waals surface area contributed by atoms with E-state index in [1.807, 2.05) is 58.1 Å². The van der Waals surface area contributed by atoms with Gasteiger partial charge in [0.1, 0.15) is 11.8 Å². The van der Waals surface area contributed by atoms with Gasteiger partial charge in [0, 0.05) is 19.3 Å². The summed E-state index contributed by atoms with van der Waals surface area (Å²) < 4.78 is 7.53. The topological polar surface area (TPSA) is 47.4 Å². The number of aromatic nitrogens is 2. The summed E-state index contributed by atoms with van der Waals surface area (Å²) in [6.45, 7) is 5.73. The maximum atomic E-state index is 13.7. The molecule has 1 amide bonds. The van der Waals surface area contributed by atoms with E-state index in [9.17, 15) is 4.79 Å². The van der Waals surface area contributed by atoms with Crippen molar-refractivity contribution in [1.82, 2.24) is 14.5 Å². The molecule has 0 radical (unpaired) electrons. The number of amides is 1. The number of methoxy groups -OCH3 is 1. The highest BCUT2D eigenvalue weighted by Crippen LogP contribution is 2.35. The molecule has 1 atom stereocenters. The first-order valence-corrected chi connectivity index (χ1v) is 11.1. The Kier molecular flexibility index (Phi) is 6.40. The molecule has 1 unspecified atom stereocenters. The first-order chi connectivity index (χ1) is 15.1. The average molecular weight is 418 g/mol. The smallest absolute Gasteiger partial charge is 0.250 e. The zero-order valence-corrected chi connectivity index (χ0v) is 18.6. The molecule has 0 saturated carbocycles. The van der Waals surface area contributed by atoms with E-state index < -0.39 is 0 Å². The molecule has 1 aromatic heterocycles. The van der Waals surface area contributed by atoms with Crippen molar-refractivity contribution in [2.24, 2.45) is 0 Å². The molecule has 5 nitrogen and oxygen atoms in total. The van der Waals surface area contributed by atoms with Gasteiger partial charge in [-0.2, -0.15) is 0 Å². The van der Waals surface area contributed by atoms with Crippen LogP contribution in [0.3, 0.4) is 0 Å². The van der Waals surface area contributed by atoms with E-state index >= 15 is 0 Å². The molecule has 3 aromatic rings. The van der Waals surface area contributed by atoms with E-state index in [1.54, 1.807) is 13.4 Å². The quantitative estimate of drug-likeness (QED) is 0.566. The Balaban J connectivity index is 1.54. The highest BCUT2D eigenvalue weighted by molar-refractivity contribution is 5.84. The molecule has 1 aliphatic heterocycles. The van der Waals surface area contributed by atoms with Crippen LogP contribution in [0.2, 0.25) is 0 Å². The van der Waals surface area contributed by atoms with Gasteiger partial charge < -0.3 is 14.2 Å². The third-order valence-corrected chi connectivity index (χ3v) is 6.25. The van der Waals surface area contributed by atoms with Gasteiger partial charge in [-0.3, -0.25) is 4.79 Å². The Morgan fingerprint density at radius 1 is 1.03 bits per heavy atom. The van der Waals surface area contributed by atoms with E-state index in [-0.39, 0.29) is 11.9 Å². The summed E-state index contributed by atoms with van der Waals surface area (Å²) in [4.78, 5) is 20.2. The Morgan fingerprint density at radius 3 is 2.35 bits per heavy atom. The van der Waals surface area contributed by atoms with Gasteiger partial charge in [-0.05, 0) is 41.9 Å². The van der Waals surface area contributed by atoms with Crippen LogP contribution in [0.1, 0.15) is 61.4 Å². The molecule has 0 N–H and O–H groups in total. The number of hydrogen-bond acceptors (Lipinski definition) is 3. The predicted octanol–water partition coefficient (Wildman–Crippen LogP) is 5.01. The van der Waals surface area contributed by atoms with Crippen molar-refractivity contribution in [2.75, 3.05) is 20.2 Å². The van der Waals surface area contributed by atoms with E-state index in [0.29, 0.717) is 11.8 Å². The molecule has 162 valence electrons. The van der Waals surface area contributed by atoms with E-state index in [4.69, 9.17) is 4.74 Å². The van der Waals surface area contributed by atoms with Crippen LogP contribution >= 0.6 is 0 Å². The van der Waals surface area contributed by atoms with Crippen molar-refractivity contribution in [3.63, 3.8) is 0 Å². The van der Waals surface area contributed by atoms with Gasteiger partial charge in [0.15, 0.2) is 0 Å². The van der Waals surface area contributed by atoms with Gasteiger partial charge in [0.05, 0.1) is 19.1 Å². The van der Waals surface area contributed by atoms with E-state index in [0.717, 1.165) is 42.9 Å². The molecule has 0 bridgehead atoms. The van der Waals surface area contributed by atoms with E-state index in [1.165, 1.54) is 5.56 Å². The lowest BCUT2D eigenvalue weighted by Crippen LogP contribution is -2.42. The summed E-state index contributed by atoms with van der Waals surface area (Å²) >= 11 is 0. The normalized spacial score (nSPS) is 15.8. The van der Waals surface area contributed by atoms with E-state index in [2.05, 4.69) is 31.0 Å². The summed E-state index contributed by atoms with van der Waals surface area (Å²) in [5, 5.41) is 0. The zero-order chi connectivity index (χ0) is 21.8. The Hall–Kier alpha value is -3.08. The standard InChI is InChI=1S/C26H31N3O2/c1-19(2)23-17-29(18-27-23)25(21-9-5-4-6-10-21)26(30)28-15-13-20(14-16-28)22-11-7-8-12-24(22)31-3/h4-12,17-20,25H,13-16H2,1-3H3. The molecule has 2 aromatic carbocycles. The van der Waals surface area contributed by atoms with Crippen molar-refractivity contribution < 1.29 is 9.53 Å². The Labute approximate surface area is 184 Å². The van der Waals surface area contributed by atoms with Gasteiger partial charge in [-0.15, -0.1) is 0 Å². The highest BCUT2D eigenvalue weighted by atomic mass is 16.5. The molecule has 5 heteroatoms. The zero-order valence-electron chi connectivity index (χ0n) is 18.6. The van der Waals surface area contributed by atoms with Crippen LogP contribution in [-0.2, 0) is 4.79 Å². The van der Waals surface area contributed by atoms with Gasteiger partial charge in [0.2, 0.25) is 5.91 Å². The van der Waals surface area contributed by atoms with Gasteiger partial charge in [-0.1, -0.05) is 62.4 Å². The van der Waals surface area contributed by atoms with Crippen LogP contribution in [0.4, 0.5) is 0 Å². The Morgan fingerprint density at radius 2 is 1.71 bits per heavy atom. The van der Waals surface area contributed by atoms with Crippen LogP contribution in [0.25, 0.3) is 0 Å². The SMILES string of the molecule is COc1ccccc1C1CCN(C(=O)C(c2ccccc2)n2cnc(C(C)C)c2)CC1. The van der Waals surface area contributed by atoms with Crippen LogP contribution < -0.4 is 4.74 Å². The van der Waals surface area contributed by atoms with Crippen LogP contribution in [0, 0.1) is 0 Å². The first kappa shape index (κ1) is 21.2. The molecule has 0 aliphatic carbocycles. The number of carbonyl (C=O) groups is 1. The number of rotatable bonds is 6. The minimum Gasteiger partial charge on any atom is -0.496 e. The average Bonchev–Trinajstić information content (AvgIpc) is 3.30. The molecular formula is C26H31N3O2. The molecule has 1 saturated heterocycles. The third-order valence-electron chi connectivity index (χ3n) is 6.25. The lowest BCUT2D eigenvalue weighted by Gasteiger charge is -2.35. The number of piperidine rings is 1. The minimum atomic E-state index is -0.385. The lowest BCUT2D eigenvalue weighted by molar-refractivity contribution is -0.134. The molecule has 1 aliphatic rings. The van der Waals surface area contributed by atoms with Crippen molar-refractivity contribution >= 4 is 5.91 Å². The Bertz CT molecular complexity index is 1000. The van der Waals surface area contributed by atoms with Crippen molar-refractivity contribution in [1.29, 1.82) is 0 Å². The lowest BCUT2D eigenvalue weighted by atomic mass is 9.88.